The number of hydrogen-bond donors (Lipinski definition) is 0. The summed E-state index contributed by atoms with van der Waals surface area (Å²) in [6.07, 6.45) is 2.08. The Balaban J connectivity index is 2.67. The first kappa shape index (κ1) is 15.2. The quantitative estimate of drug-likeness (QED) is 0.621. The van der Waals surface area contributed by atoms with Crippen molar-refractivity contribution < 1.29 is 9.47 Å². The molecule has 0 saturated heterocycles. The molecule has 0 aliphatic heterocycles. The Labute approximate surface area is 111 Å². The number of hydrogen-bond acceptors (Lipinski definition) is 2. The van der Waals surface area contributed by atoms with E-state index < -0.39 is 0 Å². The van der Waals surface area contributed by atoms with Crippen LogP contribution in [0.2, 0.25) is 0 Å². The molecule has 102 valence electrons. The highest BCUT2D eigenvalue weighted by atomic mass is 16.5. The van der Waals surface area contributed by atoms with Crippen molar-refractivity contribution in [3.05, 3.63) is 35.9 Å². The van der Waals surface area contributed by atoms with Crippen molar-refractivity contribution >= 4 is 0 Å². The summed E-state index contributed by atoms with van der Waals surface area (Å²) in [4.78, 5) is 0. The molecule has 2 nitrogen and oxygen atoms in total. The summed E-state index contributed by atoms with van der Waals surface area (Å²) >= 11 is 0. The molecule has 1 aromatic carbocycles. The fourth-order valence-corrected chi connectivity index (χ4v) is 2.14. The maximum atomic E-state index is 5.52. The van der Waals surface area contributed by atoms with Gasteiger partial charge in [-0.1, -0.05) is 37.3 Å². The Morgan fingerprint density at radius 3 is 1.83 bits per heavy atom. The smallest absolute Gasteiger partial charge is 0.0474 e. The fraction of sp³-hybridized carbons (Fsp3) is 0.625. The Morgan fingerprint density at radius 1 is 0.889 bits per heavy atom. The Kier molecular flexibility index (Phi) is 6.99. The maximum Gasteiger partial charge on any atom is 0.0474 e. The molecule has 1 aromatic rings. The molecular weight excluding hydrogens is 224 g/mol. The minimum absolute atomic E-state index is 0.144. The lowest BCUT2D eigenvalue weighted by molar-refractivity contribution is 0.0993. The number of benzene rings is 1. The van der Waals surface area contributed by atoms with E-state index in [-0.39, 0.29) is 5.41 Å². The van der Waals surface area contributed by atoms with Crippen molar-refractivity contribution in [1.82, 2.24) is 0 Å². The van der Waals surface area contributed by atoms with Crippen LogP contribution in [0.4, 0.5) is 0 Å². The van der Waals surface area contributed by atoms with Gasteiger partial charge in [0.2, 0.25) is 0 Å². The second kappa shape index (κ2) is 8.28. The van der Waals surface area contributed by atoms with Gasteiger partial charge in [0.25, 0.3) is 0 Å². The van der Waals surface area contributed by atoms with Crippen LogP contribution in [0, 0.1) is 0 Å². The molecule has 0 amide bonds. The topological polar surface area (TPSA) is 18.5 Å². The highest BCUT2D eigenvalue weighted by Crippen LogP contribution is 2.31. The van der Waals surface area contributed by atoms with Crippen LogP contribution in [-0.4, -0.2) is 26.4 Å². The van der Waals surface area contributed by atoms with Crippen LogP contribution >= 0.6 is 0 Å². The van der Waals surface area contributed by atoms with Crippen molar-refractivity contribution in [2.45, 2.75) is 39.0 Å². The van der Waals surface area contributed by atoms with Gasteiger partial charge >= 0.3 is 0 Å². The molecule has 0 aliphatic carbocycles. The van der Waals surface area contributed by atoms with E-state index in [1.165, 1.54) is 5.56 Å². The predicted molar refractivity (Wildman–Crippen MR) is 76.0 cm³/mol. The van der Waals surface area contributed by atoms with Gasteiger partial charge in [-0.05, 0) is 37.7 Å². The van der Waals surface area contributed by atoms with Gasteiger partial charge in [-0.2, -0.15) is 0 Å². The maximum absolute atomic E-state index is 5.52. The molecule has 18 heavy (non-hydrogen) atoms. The van der Waals surface area contributed by atoms with Crippen molar-refractivity contribution in [3.63, 3.8) is 0 Å². The third kappa shape index (κ3) is 4.79. The fourth-order valence-electron chi connectivity index (χ4n) is 2.14. The second-order valence-corrected chi connectivity index (χ2v) is 4.82. The van der Waals surface area contributed by atoms with Crippen LogP contribution in [0.1, 0.15) is 39.2 Å². The van der Waals surface area contributed by atoms with Crippen LogP contribution in [0.15, 0.2) is 30.3 Å². The molecule has 0 bridgehead atoms. The third-order valence-corrected chi connectivity index (χ3v) is 3.48. The summed E-state index contributed by atoms with van der Waals surface area (Å²) in [5.41, 5.74) is 1.52. The van der Waals surface area contributed by atoms with E-state index in [2.05, 4.69) is 37.3 Å². The normalized spacial score (nSPS) is 11.7. The van der Waals surface area contributed by atoms with Crippen LogP contribution in [0.3, 0.4) is 0 Å². The summed E-state index contributed by atoms with van der Waals surface area (Å²) in [6.45, 7) is 9.59. The van der Waals surface area contributed by atoms with Crippen LogP contribution in [0.5, 0.6) is 0 Å². The van der Waals surface area contributed by atoms with Crippen LogP contribution in [0.25, 0.3) is 0 Å². The second-order valence-electron chi connectivity index (χ2n) is 4.82. The van der Waals surface area contributed by atoms with Gasteiger partial charge in [0, 0.05) is 26.4 Å². The first-order valence-corrected chi connectivity index (χ1v) is 6.94. The molecule has 0 spiro atoms. The molecule has 1 rings (SSSR count). The van der Waals surface area contributed by atoms with E-state index in [0.29, 0.717) is 0 Å². The number of ether oxygens (including phenoxy) is 2. The lowest BCUT2D eigenvalue weighted by Gasteiger charge is -2.30. The molecular formula is C16H26O2. The monoisotopic (exact) mass is 250 g/mol. The summed E-state index contributed by atoms with van der Waals surface area (Å²) in [5, 5.41) is 0. The van der Waals surface area contributed by atoms with Crippen molar-refractivity contribution in [2.75, 3.05) is 26.4 Å². The lowest BCUT2D eigenvalue weighted by atomic mass is 9.77. The summed E-state index contributed by atoms with van der Waals surface area (Å²) in [6, 6.07) is 10.7. The molecule has 2 heteroatoms. The average Bonchev–Trinajstić information content (AvgIpc) is 2.40. The van der Waals surface area contributed by atoms with E-state index in [0.717, 1.165) is 39.3 Å². The predicted octanol–water partition coefficient (Wildman–Crippen LogP) is 3.80. The molecule has 0 heterocycles. The molecule has 0 aromatic heterocycles. The summed E-state index contributed by atoms with van der Waals surface area (Å²) in [5.74, 6) is 0. The van der Waals surface area contributed by atoms with E-state index in [1.807, 2.05) is 13.8 Å². The molecule has 0 saturated carbocycles. The van der Waals surface area contributed by atoms with E-state index >= 15 is 0 Å². The van der Waals surface area contributed by atoms with E-state index in [4.69, 9.17) is 9.47 Å². The molecule has 0 radical (unpaired) electrons. The molecule has 0 atom stereocenters. The minimum Gasteiger partial charge on any atom is -0.382 e. The zero-order valence-corrected chi connectivity index (χ0v) is 11.9. The molecule has 0 aliphatic rings. The largest absolute Gasteiger partial charge is 0.382 e. The highest BCUT2D eigenvalue weighted by molar-refractivity contribution is 5.24. The Hall–Kier alpha value is -0.860. The first-order valence-electron chi connectivity index (χ1n) is 6.94. The Morgan fingerprint density at radius 2 is 1.39 bits per heavy atom. The van der Waals surface area contributed by atoms with Gasteiger partial charge in [-0.3, -0.25) is 0 Å². The summed E-state index contributed by atoms with van der Waals surface area (Å²) < 4.78 is 11.0. The van der Waals surface area contributed by atoms with Crippen molar-refractivity contribution in [2.24, 2.45) is 0 Å². The van der Waals surface area contributed by atoms with Gasteiger partial charge in [0.15, 0.2) is 0 Å². The SMILES string of the molecule is CCOCCC(C)(CCOCC)c1ccccc1. The van der Waals surface area contributed by atoms with Gasteiger partial charge in [-0.25, -0.2) is 0 Å². The van der Waals surface area contributed by atoms with Gasteiger partial charge < -0.3 is 9.47 Å². The minimum atomic E-state index is 0.144. The molecule has 0 fully saturated rings. The Bertz CT molecular complexity index is 298. The number of rotatable bonds is 9. The van der Waals surface area contributed by atoms with Gasteiger partial charge in [0.1, 0.15) is 0 Å². The first-order chi connectivity index (χ1) is 8.73. The third-order valence-electron chi connectivity index (χ3n) is 3.48. The average molecular weight is 250 g/mol. The van der Waals surface area contributed by atoms with Crippen LogP contribution < -0.4 is 0 Å². The van der Waals surface area contributed by atoms with Crippen molar-refractivity contribution in [1.29, 1.82) is 0 Å². The lowest BCUT2D eigenvalue weighted by Crippen LogP contribution is -2.26. The highest BCUT2D eigenvalue weighted by Gasteiger charge is 2.25. The molecule has 0 unspecified atom stereocenters. The van der Waals surface area contributed by atoms with Gasteiger partial charge in [-0.15, -0.1) is 0 Å². The van der Waals surface area contributed by atoms with Crippen molar-refractivity contribution in [3.8, 4) is 0 Å². The zero-order valence-electron chi connectivity index (χ0n) is 11.9. The summed E-state index contributed by atoms with van der Waals surface area (Å²) in [7, 11) is 0. The standard InChI is InChI=1S/C16H26O2/c1-4-17-13-11-16(3,12-14-18-5-2)15-9-7-6-8-10-15/h6-10H,4-5,11-14H2,1-3H3. The van der Waals surface area contributed by atoms with Gasteiger partial charge in [0.05, 0.1) is 0 Å². The van der Waals surface area contributed by atoms with E-state index in [9.17, 15) is 0 Å². The zero-order chi connectivity index (χ0) is 13.3. The van der Waals surface area contributed by atoms with E-state index in [1.54, 1.807) is 0 Å². The molecule has 0 N–H and O–H groups in total. The van der Waals surface area contributed by atoms with Crippen LogP contribution in [-0.2, 0) is 14.9 Å².